The number of likely N-dealkylation sites (N-methyl/N-ethyl adjacent to an activating group) is 1. The van der Waals surface area contributed by atoms with Gasteiger partial charge >= 0.3 is 0 Å². The Hall–Kier alpha value is -1.39. The van der Waals surface area contributed by atoms with Crippen LogP contribution in [0.1, 0.15) is 30.9 Å². The number of piperidine rings is 1. The number of nitrogens with two attached hydrogens (primary N) is 1. The lowest BCUT2D eigenvalue weighted by Crippen LogP contribution is -2.48. The maximum atomic E-state index is 12.4. The van der Waals surface area contributed by atoms with Crippen molar-refractivity contribution in [3.05, 3.63) is 35.9 Å². The van der Waals surface area contributed by atoms with Crippen molar-refractivity contribution < 1.29 is 4.79 Å². The summed E-state index contributed by atoms with van der Waals surface area (Å²) in [5, 5.41) is 0. The first-order valence-corrected chi connectivity index (χ1v) is 7.32. The Morgan fingerprint density at radius 1 is 1.40 bits per heavy atom. The van der Waals surface area contributed by atoms with Gasteiger partial charge < -0.3 is 15.5 Å². The second-order valence-corrected chi connectivity index (χ2v) is 5.82. The van der Waals surface area contributed by atoms with Gasteiger partial charge in [0.1, 0.15) is 0 Å². The summed E-state index contributed by atoms with van der Waals surface area (Å²) in [4.78, 5) is 16.6. The second kappa shape index (κ2) is 6.86. The highest BCUT2D eigenvalue weighted by atomic mass is 16.2. The minimum atomic E-state index is -0.205. The Morgan fingerprint density at radius 3 is 2.75 bits per heavy atom. The average Bonchev–Trinajstić information content (AvgIpc) is 2.48. The van der Waals surface area contributed by atoms with E-state index >= 15 is 0 Å². The molecule has 0 unspecified atom stereocenters. The van der Waals surface area contributed by atoms with E-state index in [2.05, 4.69) is 19.0 Å². The molecule has 2 N–H and O–H groups in total. The molecule has 1 aromatic rings. The van der Waals surface area contributed by atoms with Crippen molar-refractivity contribution in [2.45, 2.75) is 31.3 Å². The summed E-state index contributed by atoms with van der Waals surface area (Å²) in [6, 6.07) is 10.1. The lowest BCUT2D eigenvalue weighted by Gasteiger charge is -2.36. The highest BCUT2D eigenvalue weighted by molar-refractivity contribution is 5.77. The van der Waals surface area contributed by atoms with Crippen molar-refractivity contribution in [2.75, 3.05) is 27.2 Å². The van der Waals surface area contributed by atoms with Crippen LogP contribution in [0.25, 0.3) is 0 Å². The Kier molecular flexibility index (Phi) is 5.15. The lowest BCUT2D eigenvalue weighted by molar-refractivity contribution is -0.133. The summed E-state index contributed by atoms with van der Waals surface area (Å²) in [6.07, 6.45) is 2.64. The molecule has 4 heteroatoms. The van der Waals surface area contributed by atoms with Crippen molar-refractivity contribution in [2.24, 2.45) is 5.73 Å². The van der Waals surface area contributed by atoms with E-state index in [0.717, 1.165) is 25.1 Å². The smallest absolute Gasteiger partial charge is 0.224 e. The molecule has 0 aliphatic carbocycles. The minimum Gasteiger partial charge on any atom is -0.341 e. The Balaban J connectivity index is 1.91. The number of carbonyl (C=O) groups is 1. The van der Waals surface area contributed by atoms with Gasteiger partial charge in [0.05, 0.1) is 0 Å². The average molecular weight is 275 g/mol. The first-order chi connectivity index (χ1) is 9.58. The molecule has 1 heterocycles. The maximum absolute atomic E-state index is 12.4. The monoisotopic (exact) mass is 275 g/mol. The SMILES string of the molecule is CN(C)[C@H]1CCCN(C(=O)C[C@@H](N)c2ccccc2)C1. The largest absolute Gasteiger partial charge is 0.341 e. The van der Waals surface area contributed by atoms with Crippen molar-refractivity contribution in [1.29, 1.82) is 0 Å². The zero-order valence-electron chi connectivity index (χ0n) is 12.5. The number of benzene rings is 1. The van der Waals surface area contributed by atoms with Crippen molar-refractivity contribution in [3.8, 4) is 0 Å². The van der Waals surface area contributed by atoms with Gasteiger partial charge in [0.25, 0.3) is 0 Å². The van der Waals surface area contributed by atoms with Gasteiger partial charge in [0, 0.05) is 31.6 Å². The zero-order chi connectivity index (χ0) is 14.5. The molecule has 2 rings (SSSR count). The predicted molar refractivity (Wildman–Crippen MR) is 81.3 cm³/mol. The molecule has 1 aromatic carbocycles. The molecule has 0 spiro atoms. The number of hydrogen-bond acceptors (Lipinski definition) is 3. The van der Waals surface area contributed by atoms with E-state index in [1.165, 1.54) is 6.42 Å². The molecular weight excluding hydrogens is 250 g/mol. The Morgan fingerprint density at radius 2 is 2.10 bits per heavy atom. The molecule has 2 atom stereocenters. The number of hydrogen-bond donors (Lipinski definition) is 1. The van der Waals surface area contributed by atoms with E-state index in [4.69, 9.17) is 5.73 Å². The Bertz CT molecular complexity index is 433. The first-order valence-electron chi connectivity index (χ1n) is 7.32. The molecule has 1 saturated heterocycles. The number of carbonyl (C=O) groups excluding carboxylic acids is 1. The van der Waals surface area contributed by atoms with Crippen molar-refractivity contribution >= 4 is 5.91 Å². The summed E-state index contributed by atoms with van der Waals surface area (Å²) < 4.78 is 0. The van der Waals surface area contributed by atoms with Crippen LogP contribution in [0.3, 0.4) is 0 Å². The third kappa shape index (κ3) is 3.81. The molecule has 20 heavy (non-hydrogen) atoms. The number of likely N-dealkylation sites (tertiary alicyclic amines) is 1. The summed E-state index contributed by atoms with van der Waals surface area (Å²) in [7, 11) is 4.16. The lowest BCUT2D eigenvalue weighted by atomic mass is 10.0. The highest BCUT2D eigenvalue weighted by Gasteiger charge is 2.25. The number of amides is 1. The van der Waals surface area contributed by atoms with Gasteiger partial charge in [-0.25, -0.2) is 0 Å². The van der Waals surface area contributed by atoms with Crippen LogP contribution in [0.4, 0.5) is 0 Å². The summed E-state index contributed by atoms with van der Waals surface area (Å²) in [6.45, 7) is 1.69. The van der Waals surface area contributed by atoms with Crippen LogP contribution in [0.2, 0.25) is 0 Å². The molecule has 0 saturated carbocycles. The second-order valence-electron chi connectivity index (χ2n) is 5.82. The van der Waals surface area contributed by atoms with E-state index < -0.39 is 0 Å². The zero-order valence-corrected chi connectivity index (χ0v) is 12.5. The van der Waals surface area contributed by atoms with E-state index in [9.17, 15) is 4.79 Å². The first kappa shape index (κ1) is 15.0. The molecule has 0 radical (unpaired) electrons. The fourth-order valence-electron chi connectivity index (χ4n) is 2.74. The summed E-state index contributed by atoms with van der Waals surface area (Å²) in [5.41, 5.74) is 7.17. The standard InChI is InChI=1S/C16H25N3O/c1-18(2)14-9-6-10-19(12-14)16(20)11-15(17)13-7-4-3-5-8-13/h3-5,7-8,14-15H,6,9-12,17H2,1-2H3/t14-,15+/m0/s1. The molecule has 0 bridgehead atoms. The van der Waals surface area contributed by atoms with Crippen LogP contribution < -0.4 is 5.73 Å². The fourth-order valence-corrected chi connectivity index (χ4v) is 2.74. The van der Waals surface area contributed by atoms with Crippen LogP contribution in [-0.2, 0) is 4.79 Å². The number of nitrogens with zero attached hydrogens (tertiary/aromatic N) is 2. The van der Waals surface area contributed by atoms with Crippen molar-refractivity contribution in [3.63, 3.8) is 0 Å². The molecule has 4 nitrogen and oxygen atoms in total. The summed E-state index contributed by atoms with van der Waals surface area (Å²) in [5.74, 6) is 0.174. The summed E-state index contributed by atoms with van der Waals surface area (Å²) >= 11 is 0. The fraction of sp³-hybridized carbons (Fsp3) is 0.562. The van der Waals surface area contributed by atoms with Gasteiger partial charge in [-0.05, 0) is 32.5 Å². The van der Waals surface area contributed by atoms with Gasteiger partial charge in [-0.15, -0.1) is 0 Å². The van der Waals surface area contributed by atoms with Crippen LogP contribution >= 0.6 is 0 Å². The normalized spacial score (nSPS) is 21.0. The topological polar surface area (TPSA) is 49.6 Å². The molecule has 1 fully saturated rings. The molecular formula is C16H25N3O. The van der Waals surface area contributed by atoms with Gasteiger partial charge in [0.2, 0.25) is 5.91 Å². The third-order valence-corrected chi connectivity index (χ3v) is 4.10. The van der Waals surface area contributed by atoms with Gasteiger partial charge in [-0.3, -0.25) is 4.79 Å². The molecule has 0 aromatic heterocycles. The van der Waals surface area contributed by atoms with Crippen LogP contribution in [0.5, 0.6) is 0 Å². The molecule has 1 aliphatic heterocycles. The quantitative estimate of drug-likeness (QED) is 0.908. The van der Waals surface area contributed by atoms with Gasteiger partial charge in [0.15, 0.2) is 0 Å². The van der Waals surface area contributed by atoms with Gasteiger partial charge in [-0.2, -0.15) is 0 Å². The van der Waals surface area contributed by atoms with Crippen molar-refractivity contribution in [1.82, 2.24) is 9.80 Å². The van der Waals surface area contributed by atoms with E-state index in [1.807, 2.05) is 35.2 Å². The van der Waals surface area contributed by atoms with Crippen LogP contribution in [-0.4, -0.2) is 48.9 Å². The van der Waals surface area contributed by atoms with E-state index in [1.54, 1.807) is 0 Å². The molecule has 110 valence electrons. The van der Waals surface area contributed by atoms with Crippen LogP contribution in [0, 0.1) is 0 Å². The maximum Gasteiger partial charge on any atom is 0.224 e. The third-order valence-electron chi connectivity index (χ3n) is 4.10. The van der Waals surface area contributed by atoms with E-state index in [-0.39, 0.29) is 11.9 Å². The van der Waals surface area contributed by atoms with Gasteiger partial charge in [-0.1, -0.05) is 30.3 Å². The highest BCUT2D eigenvalue weighted by Crippen LogP contribution is 2.18. The molecule has 1 amide bonds. The van der Waals surface area contributed by atoms with Crippen LogP contribution in [0.15, 0.2) is 30.3 Å². The molecule has 1 aliphatic rings. The minimum absolute atomic E-state index is 0.174. The predicted octanol–water partition coefficient (Wildman–Crippen LogP) is 1.63. The number of rotatable bonds is 4. The van der Waals surface area contributed by atoms with E-state index in [0.29, 0.717) is 12.5 Å². The Labute approximate surface area is 121 Å².